The second kappa shape index (κ2) is 6.88. The van der Waals surface area contributed by atoms with Gasteiger partial charge in [-0.15, -0.1) is 0 Å². The highest BCUT2D eigenvalue weighted by Crippen LogP contribution is 2.34. The van der Waals surface area contributed by atoms with Crippen LogP contribution in [0.2, 0.25) is 0 Å². The van der Waals surface area contributed by atoms with E-state index in [1.165, 1.54) is 33.3 Å². The van der Waals surface area contributed by atoms with E-state index in [0.29, 0.717) is 0 Å². The van der Waals surface area contributed by atoms with E-state index in [0.717, 1.165) is 31.6 Å². The number of methoxy groups -OCH3 is 1. The predicted octanol–water partition coefficient (Wildman–Crippen LogP) is 4.43. The maximum Gasteiger partial charge on any atom is 0.119 e. The average molecular weight is 308 g/mol. The molecule has 0 atom stereocenters. The van der Waals surface area contributed by atoms with Gasteiger partial charge in [-0.25, -0.2) is 0 Å². The molecule has 3 N–H and O–H groups in total. The molecular weight excluding hydrogens is 284 g/mol. The Labute approximate surface area is 137 Å². The van der Waals surface area contributed by atoms with E-state index in [9.17, 15) is 0 Å². The van der Waals surface area contributed by atoms with Crippen LogP contribution in [-0.2, 0) is 6.42 Å². The zero-order valence-electron chi connectivity index (χ0n) is 13.9. The monoisotopic (exact) mass is 308 g/mol. The molecule has 3 aromatic rings. The summed E-state index contributed by atoms with van der Waals surface area (Å²) in [5.74, 6) is 0.880. The Balaban J connectivity index is 2.13. The lowest BCUT2D eigenvalue weighted by Gasteiger charge is -2.07. The van der Waals surface area contributed by atoms with Crippen LogP contribution in [-0.4, -0.2) is 18.6 Å². The van der Waals surface area contributed by atoms with Gasteiger partial charge in [0.05, 0.1) is 7.11 Å². The summed E-state index contributed by atoms with van der Waals surface area (Å²) in [6.45, 7) is 2.90. The first-order chi connectivity index (χ1) is 11.2. The molecule has 0 bridgehead atoms. The number of hydrogen-bond acceptors (Lipinski definition) is 2. The normalized spacial score (nSPS) is 11.1. The van der Waals surface area contributed by atoms with Crippen LogP contribution in [0.15, 0.2) is 42.5 Å². The Bertz CT molecular complexity index is 805. The molecule has 0 amide bonds. The second-order valence-corrected chi connectivity index (χ2v) is 5.95. The van der Waals surface area contributed by atoms with Crippen LogP contribution in [0, 0.1) is 6.92 Å². The first-order valence-corrected chi connectivity index (χ1v) is 8.19. The number of ether oxygens (including phenoxy) is 1. The largest absolute Gasteiger partial charge is 0.497 e. The predicted molar refractivity (Wildman–Crippen MR) is 97.0 cm³/mol. The molecule has 0 fully saturated rings. The van der Waals surface area contributed by atoms with Crippen molar-refractivity contribution >= 4 is 10.9 Å². The number of nitrogens with two attached hydrogens (primary N) is 1. The quantitative estimate of drug-likeness (QED) is 0.662. The maximum absolute atomic E-state index is 5.67. The van der Waals surface area contributed by atoms with Gasteiger partial charge in [0.25, 0.3) is 0 Å². The Morgan fingerprint density at radius 2 is 1.91 bits per heavy atom. The molecule has 0 saturated heterocycles. The highest BCUT2D eigenvalue weighted by atomic mass is 16.5. The highest BCUT2D eigenvalue weighted by Gasteiger charge is 2.14. The van der Waals surface area contributed by atoms with E-state index < -0.39 is 0 Å². The summed E-state index contributed by atoms with van der Waals surface area (Å²) in [7, 11) is 1.70. The van der Waals surface area contributed by atoms with E-state index in [-0.39, 0.29) is 0 Å². The van der Waals surface area contributed by atoms with Crippen LogP contribution in [0.3, 0.4) is 0 Å². The van der Waals surface area contributed by atoms with Gasteiger partial charge < -0.3 is 15.5 Å². The van der Waals surface area contributed by atoms with Crippen molar-refractivity contribution < 1.29 is 4.74 Å². The Morgan fingerprint density at radius 3 is 2.70 bits per heavy atom. The van der Waals surface area contributed by atoms with Crippen molar-refractivity contribution in [3.05, 3.63) is 53.6 Å². The van der Waals surface area contributed by atoms with E-state index in [2.05, 4.69) is 42.2 Å². The molecule has 0 aliphatic rings. The van der Waals surface area contributed by atoms with Crippen molar-refractivity contribution in [3.8, 4) is 17.0 Å². The highest BCUT2D eigenvalue weighted by molar-refractivity contribution is 5.92. The maximum atomic E-state index is 5.67. The molecule has 0 radical (unpaired) electrons. The molecule has 23 heavy (non-hydrogen) atoms. The molecule has 0 unspecified atom stereocenters. The number of rotatable bonds is 6. The van der Waals surface area contributed by atoms with Crippen LogP contribution < -0.4 is 10.5 Å². The van der Waals surface area contributed by atoms with Crippen molar-refractivity contribution in [2.45, 2.75) is 26.2 Å². The standard InChI is InChI=1S/C20H24N2O/c1-14-7-5-11-17-18(10-3-4-12-21)20(22-19(14)17)15-8-6-9-16(13-15)23-2/h5-9,11,13,22H,3-4,10,12,21H2,1-2H3. The average Bonchev–Trinajstić information content (AvgIpc) is 2.95. The summed E-state index contributed by atoms with van der Waals surface area (Å²) in [6.07, 6.45) is 3.19. The minimum atomic E-state index is 0.746. The minimum Gasteiger partial charge on any atom is -0.497 e. The molecule has 120 valence electrons. The molecule has 1 aromatic heterocycles. The number of H-pyrrole nitrogens is 1. The number of aromatic amines is 1. The summed E-state index contributed by atoms with van der Waals surface area (Å²) >= 11 is 0. The molecule has 0 saturated carbocycles. The third-order valence-corrected chi connectivity index (χ3v) is 4.39. The summed E-state index contributed by atoms with van der Waals surface area (Å²) in [5.41, 5.74) is 11.9. The number of unbranched alkanes of at least 4 members (excludes halogenated alkanes) is 1. The number of nitrogens with one attached hydrogen (secondary N) is 1. The number of fused-ring (bicyclic) bond motifs is 1. The fourth-order valence-corrected chi connectivity index (χ4v) is 3.15. The van der Waals surface area contributed by atoms with Gasteiger partial charge >= 0.3 is 0 Å². The molecule has 3 nitrogen and oxygen atoms in total. The van der Waals surface area contributed by atoms with Crippen molar-refractivity contribution in [2.24, 2.45) is 5.73 Å². The Morgan fingerprint density at radius 1 is 1.09 bits per heavy atom. The fourth-order valence-electron chi connectivity index (χ4n) is 3.15. The van der Waals surface area contributed by atoms with Gasteiger partial charge in [-0.05, 0) is 56.0 Å². The smallest absolute Gasteiger partial charge is 0.119 e. The van der Waals surface area contributed by atoms with Crippen molar-refractivity contribution in [1.82, 2.24) is 4.98 Å². The van der Waals surface area contributed by atoms with Crippen LogP contribution in [0.1, 0.15) is 24.0 Å². The molecule has 0 aliphatic heterocycles. The third kappa shape index (κ3) is 3.10. The molecule has 1 heterocycles. The van der Waals surface area contributed by atoms with Gasteiger partial charge in [0.2, 0.25) is 0 Å². The Kier molecular flexibility index (Phi) is 4.68. The number of aryl methyl sites for hydroxylation is 2. The number of benzene rings is 2. The van der Waals surface area contributed by atoms with Gasteiger partial charge in [0, 0.05) is 22.2 Å². The van der Waals surface area contributed by atoms with Crippen LogP contribution in [0.4, 0.5) is 0 Å². The van der Waals surface area contributed by atoms with E-state index in [1.54, 1.807) is 7.11 Å². The Hall–Kier alpha value is -2.26. The molecular formula is C20H24N2O. The zero-order valence-corrected chi connectivity index (χ0v) is 13.9. The minimum absolute atomic E-state index is 0.746. The molecule has 3 rings (SSSR count). The lowest BCUT2D eigenvalue weighted by atomic mass is 9.99. The second-order valence-electron chi connectivity index (χ2n) is 5.95. The number of para-hydroxylation sites is 1. The summed E-state index contributed by atoms with van der Waals surface area (Å²) in [6, 6.07) is 14.7. The summed E-state index contributed by atoms with van der Waals surface area (Å²) in [5, 5.41) is 1.32. The fraction of sp³-hybridized carbons (Fsp3) is 0.300. The van der Waals surface area contributed by atoms with Gasteiger partial charge in [-0.2, -0.15) is 0 Å². The van der Waals surface area contributed by atoms with E-state index in [4.69, 9.17) is 10.5 Å². The topological polar surface area (TPSA) is 51.0 Å². The van der Waals surface area contributed by atoms with Gasteiger partial charge in [-0.3, -0.25) is 0 Å². The lowest BCUT2D eigenvalue weighted by molar-refractivity contribution is 0.415. The first kappa shape index (κ1) is 15.6. The SMILES string of the molecule is COc1cccc(-c2[nH]c3c(C)cccc3c2CCCCN)c1. The molecule has 3 heteroatoms. The van der Waals surface area contributed by atoms with Crippen molar-refractivity contribution in [3.63, 3.8) is 0 Å². The molecule has 0 spiro atoms. The van der Waals surface area contributed by atoms with Crippen LogP contribution in [0.5, 0.6) is 5.75 Å². The number of aromatic nitrogens is 1. The van der Waals surface area contributed by atoms with Gasteiger partial charge in [-0.1, -0.05) is 30.3 Å². The van der Waals surface area contributed by atoms with Crippen LogP contribution >= 0.6 is 0 Å². The molecule has 0 aliphatic carbocycles. The zero-order chi connectivity index (χ0) is 16.2. The van der Waals surface area contributed by atoms with Crippen LogP contribution in [0.25, 0.3) is 22.2 Å². The van der Waals surface area contributed by atoms with Gasteiger partial charge in [0.15, 0.2) is 0 Å². The first-order valence-electron chi connectivity index (χ1n) is 8.19. The van der Waals surface area contributed by atoms with Crippen molar-refractivity contribution in [2.75, 3.05) is 13.7 Å². The number of hydrogen-bond donors (Lipinski definition) is 2. The third-order valence-electron chi connectivity index (χ3n) is 4.39. The van der Waals surface area contributed by atoms with E-state index in [1.807, 2.05) is 12.1 Å². The summed E-state index contributed by atoms with van der Waals surface area (Å²) in [4.78, 5) is 3.64. The summed E-state index contributed by atoms with van der Waals surface area (Å²) < 4.78 is 5.38. The van der Waals surface area contributed by atoms with Gasteiger partial charge in [0.1, 0.15) is 5.75 Å². The van der Waals surface area contributed by atoms with E-state index >= 15 is 0 Å². The lowest BCUT2D eigenvalue weighted by Crippen LogP contribution is -1.99. The molecule has 2 aromatic carbocycles. The van der Waals surface area contributed by atoms with Crippen molar-refractivity contribution in [1.29, 1.82) is 0 Å².